The van der Waals surface area contributed by atoms with Gasteiger partial charge in [0.15, 0.2) is 10.9 Å². The summed E-state index contributed by atoms with van der Waals surface area (Å²) in [6, 6.07) is 5.11. The summed E-state index contributed by atoms with van der Waals surface area (Å²) in [7, 11) is 0. The third-order valence-corrected chi connectivity index (χ3v) is 5.88. The van der Waals surface area contributed by atoms with Gasteiger partial charge in [-0.2, -0.15) is 0 Å². The van der Waals surface area contributed by atoms with E-state index in [2.05, 4.69) is 15.0 Å². The van der Waals surface area contributed by atoms with Gasteiger partial charge >= 0.3 is 0 Å². The van der Waals surface area contributed by atoms with Crippen molar-refractivity contribution in [3.05, 3.63) is 62.3 Å². The summed E-state index contributed by atoms with van der Waals surface area (Å²) < 4.78 is 10.9. The van der Waals surface area contributed by atoms with E-state index in [9.17, 15) is 9.59 Å². The van der Waals surface area contributed by atoms with Crippen LogP contribution in [0, 0.1) is 5.92 Å². The second-order valence-corrected chi connectivity index (χ2v) is 8.68. The Morgan fingerprint density at radius 3 is 2.93 bits per heavy atom. The van der Waals surface area contributed by atoms with E-state index in [1.54, 1.807) is 18.5 Å². The van der Waals surface area contributed by atoms with Crippen molar-refractivity contribution in [2.45, 2.75) is 24.8 Å². The highest BCUT2D eigenvalue weighted by atomic mass is 32.2. The van der Waals surface area contributed by atoms with Gasteiger partial charge in [0.05, 0.1) is 18.3 Å². The first-order chi connectivity index (χ1) is 14.0. The van der Waals surface area contributed by atoms with E-state index in [4.69, 9.17) is 9.15 Å². The van der Waals surface area contributed by atoms with E-state index < -0.39 is 0 Å². The van der Waals surface area contributed by atoms with Gasteiger partial charge in [0.1, 0.15) is 10.6 Å². The van der Waals surface area contributed by atoms with Crippen LogP contribution >= 0.6 is 23.1 Å². The van der Waals surface area contributed by atoms with E-state index in [-0.39, 0.29) is 11.0 Å². The largest absolute Gasteiger partial charge is 0.488 e. The van der Waals surface area contributed by atoms with E-state index in [0.717, 1.165) is 11.3 Å². The predicted octanol–water partition coefficient (Wildman–Crippen LogP) is 4.26. The van der Waals surface area contributed by atoms with Gasteiger partial charge in [-0.3, -0.25) is 9.59 Å². The number of fused-ring (bicyclic) bond motifs is 1. The molecule has 0 spiro atoms. The minimum atomic E-state index is -0.212. The van der Waals surface area contributed by atoms with Crippen molar-refractivity contribution in [1.29, 1.82) is 0 Å². The number of nitrogens with zero attached hydrogens (tertiary/aromatic N) is 1. The van der Waals surface area contributed by atoms with Crippen molar-refractivity contribution in [2.75, 3.05) is 6.61 Å². The summed E-state index contributed by atoms with van der Waals surface area (Å²) in [4.78, 5) is 35.8. The first kappa shape index (κ1) is 19.5. The van der Waals surface area contributed by atoms with Gasteiger partial charge in [0, 0.05) is 34.7 Å². The Labute approximate surface area is 174 Å². The second kappa shape index (κ2) is 8.30. The lowest BCUT2D eigenvalue weighted by Crippen LogP contribution is -2.13. The number of aromatic nitrogens is 3. The van der Waals surface area contributed by atoms with Gasteiger partial charge in [0.2, 0.25) is 5.43 Å². The number of hydrogen-bond acceptors (Lipinski definition) is 7. The summed E-state index contributed by atoms with van der Waals surface area (Å²) in [5, 5.41) is 2.89. The molecule has 4 aromatic heterocycles. The molecule has 4 rings (SSSR count). The Kier molecular flexibility index (Phi) is 5.59. The van der Waals surface area contributed by atoms with Crippen LogP contribution in [0.4, 0.5) is 0 Å². The fourth-order valence-corrected chi connectivity index (χ4v) is 4.48. The molecule has 0 aromatic carbocycles. The van der Waals surface area contributed by atoms with Gasteiger partial charge in [-0.25, -0.2) is 4.98 Å². The van der Waals surface area contributed by atoms with Crippen LogP contribution < -0.4 is 15.7 Å². The van der Waals surface area contributed by atoms with Crippen LogP contribution in [0.25, 0.3) is 21.5 Å². The minimum Gasteiger partial charge on any atom is -0.488 e. The molecule has 4 heterocycles. The van der Waals surface area contributed by atoms with E-state index in [1.807, 2.05) is 25.3 Å². The van der Waals surface area contributed by atoms with Crippen molar-refractivity contribution in [2.24, 2.45) is 5.92 Å². The van der Waals surface area contributed by atoms with Gasteiger partial charge < -0.3 is 19.1 Å². The lowest BCUT2D eigenvalue weighted by Gasteiger charge is -2.08. The summed E-state index contributed by atoms with van der Waals surface area (Å²) in [5.41, 5.74) is 1.08. The number of furan rings is 1. The predicted molar refractivity (Wildman–Crippen MR) is 115 cm³/mol. The molecular formula is C20H19N3O4S2. The number of hydrogen-bond donors (Lipinski definition) is 2. The molecule has 0 amide bonds. The average Bonchev–Trinajstić information content (AvgIpc) is 3.35. The third kappa shape index (κ3) is 4.30. The topological polar surface area (TPSA) is 101 Å². The molecule has 4 aromatic rings. The molecular weight excluding hydrogens is 410 g/mol. The highest BCUT2D eigenvalue weighted by molar-refractivity contribution is 7.98. The summed E-state index contributed by atoms with van der Waals surface area (Å²) in [6.07, 6.45) is 3.15. The molecule has 0 aliphatic carbocycles. The fraction of sp³-hybridized carbons (Fsp3) is 0.250. The molecule has 0 radical (unpaired) electrons. The zero-order chi connectivity index (χ0) is 20.4. The third-order valence-electron chi connectivity index (χ3n) is 4.08. The number of pyridine rings is 1. The standard InChI is InChI=1S/C20H19N3O4S2/c1-11(2)8-27-16-7-21-12(6-14(16)24)9-29-20-22-18(25)17-13(10-28-19(17)23-20)15-4-3-5-26-15/h3-7,10-11H,8-9H2,1-2H3,(H,21,24)(H,22,23,25). The number of ether oxygens (including phenoxy) is 1. The number of thiophene rings is 1. The fourth-order valence-electron chi connectivity index (χ4n) is 2.71. The minimum absolute atomic E-state index is 0.168. The van der Waals surface area contributed by atoms with Crippen LogP contribution in [0.15, 0.2) is 55.2 Å². The van der Waals surface area contributed by atoms with Gasteiger partial charge in [0.25, 0.3) is 5.56 Å². The van der Waals surface area contributed by atoms with Crippen LogP contribution in [0.5, 0.6) is 5.75 Å². The number of aromatic amines is 2. The van der Waals surface area contributed by atoms with Crippen molar-refractivity contribution >= 4 is 33.3 Å². The van der Waals surface area contributed by atoms with Gasteiger partial charge in [-0.1, -0.05) is 25.6 Å². The molecule has 7 nitrogen and oxygen atoms in total. The Morgan fingerprint density at radius 1 is 1.34 bits per heavy atom. The van der Waals surface area contributed by atoms with Crippen LogP contribution in [-0.2, 0) is 5.75 Å². The number of nitrogens with one attached hydrogen (secondary N) is 2. The second-order valence-electron chi connectivity index (χ2n) is 6.86. The molecule has 0 bridgehead atoms. The smallest absolute Gasteiger partial charge is 0.261 e. The maximum absolute atomic E-state index is 12.6. The molecule has 0 unspecified atom stereocenters. The first-order valence-electron chi connectivity index (χ1n) is 9.04. The maximum Gasteiger partial charge on any atom is 0.261 e. The number of rotatable bonds is 7. The summed E-state index contributed by atoms with van der Waals surface area (Å²) in [6.45, 7) is 4.53. The molecule has 0 saturated carbocycles. The monoisotopic (exact) mass is 429 g/mol. The van der Waals surface area contributed by atoms with Gasteiger partial charge in [-0.05, 0) is 18.1 Å². The molecule has 0 aliphatic rings. The normalized spacial score (nSPS) is 11.4. The maximum atomic E-state index is 12.6. The molecule has 29 heavy (non-hydrogen) atoms. The number of thioether (sulfide) groups is 1. The first-order valence-corrected chi connectivity index (χ1v) is 10.9. The quantitative estimate of drug-likeness (QED) is 0.336. The zero-order valence-corrected chi connectivity index (χ0v) is 17.5. The van der Waals surface area contributed by atoms with E-state index in [0.29, 0.717) is 45.2 Å². The Hall–Kier alpha value is -2.78. The van der Waals surface area contributed by atoms with Crippen LogP contribution in [0.2, 0.25) is 0 Å². The molecule has 150 valence electrons. The molecule has 0 aliphatic heterocycles. The Balaban J connectivity index is 1.51. The Bertz CT molecular complexity index is 1240. The molecule has 0 fully saturated rings. The van der Waals surface area contributed by atoms with Crippen LogP contribution in [0.1, 0.15) is 19.5 Å². The molecule has 0 atom stereocenters. The number of H-pyrrole nitrogens is 2. The average molecular weight is 430 g/mol. The van der Waals surface area contributed by atoms with Crippen molar-refractivity contribution in [3.8, 4) is 17.1 Å². The highest BCUT2D eigenvalue weighted by Gasteiger charge is 2.15. The molecule has 2 N–H and O–H groups in total. The summed E-state index contributed by atoms with van der Waals surface area (Å²) >= 11 is 2.74. The lowest BCUT2D eigenvalue weighted by atomic mass is 10.2. The van der Waals surface area contributed by atoms with Crippen molar-refractivity contribution in [3.63, 3.8) is 0 Å². The molecule has 0 saturated heterocycles. The van der Waals surface area contributed by atoms with Gasteiger partial charge in [-0.15, -0.1) is 11.3 Å². The molecule has 9 heteroatoms. The van der Waals surface area contributed by atoms with Crippen LogP contribution in [0.3, 0.4) is 0 Å². The Morgan fingerprint density at radius 2 is 2.21 bits per heavy atom. The zero-order valence-electron chi connectivity index (χ0n) is 15.9. The van der Waals surface area contributed by atoms with E-state index >= 15 is 0 Å². The van der Waals surface area contributed by atoms with E-state index in [1.165, 1.54) is 29.2 Å². The van der Waals surface area contributed by atoms with Crippen molar-refractivity contribution < 1.29 is 9.15 Å². The van der Waals surface area contributed by atoms with Crippen molar-refractivity contribution in [1.82, 2.24) is 15.0 Å². The SMILES string of the molecule is CC(C)COc1c[nH]c(CSc2nc3scc(-c4ccco4)c3c(=O)[nH]2)cc1=O. The highest BCUT2D eigenvalue weighted by Crippen LogP contribution is 2.32. The lowest BCUT2D eigenvalue weighted by molar-refractivity contribution is 0.268. The summed E-state index contributed by atoms with van der Waals surface area (Å²) in [5.74, 6) is 1.75. The van der Waals surface area contributed by atoms with Crippen LogP contribution in [-0.4, -0.2) is 21.6 Å².